The highest BCUT2D eigenvalue weighted by atomic mass is 127. The SMILES string of the molecule is COc1ccc2c(c1)CN(c1ncnc3ccc(I)cc13)CC2. The molecule has 2 heterocycles. The number of aromatic nitrogens is 2. The Hall–Kier alpha value is -1.89. The van der Waals surface area contributed by atoms with Gasteiger partial charge >= 0.3 is 0 Å². The molecule has 0 radical (unpaired) electrons. The maximum absolute atomic E-state index is 5.36. The van der Waals surface area contributed by atoms with Gasteiger partial charge in [-0.2, -0.15) is 0 Å². The number of ether oxygens (including phenoxy) is 1. The van der Waals surface area contributed by atoms with Gasteiger partial charge in [0, 0.05) is 22.0 Å². The van der Waals surface area contributed by atoms with Crippen molar-refractivity contribution in [2.75, 3.05) is 18.6 Å². The van der Waals surface area contributed by atoms with E-state index in [2.05, 4.69) is 67.8 Å². The summed E-state index contributed by atoms with van der Waals surface area (Å²) in [6.07, 6.45) is 2.68. The smallest absolute Gasteiger partial charge is 0.140 e. The number of halogens is 1. The van der Waals surface area contributed by atoms with Gasteiger partial charge in [0.05, 0.1) is 12.6 Å². The maximum Gasteiger partial charge on any atom is 0.140 e. The summed E-state index contributed by atoms with van der Waals surface area (Å²) < 4.78 is 6.56. The first kappa shape index (κ1) is 14.7. The van der Waals surface area contributed by atoms with E-state index in [1.165, 1.54) is 14.7 Å². The second-order valence-corrected chi connectivity index (χ2v) is 6.91. The number of methoxy groups -OCH3 is 1. The van der Waals surface area contributed by atoms with Crippen molar-refractivity contribution in [1.29, 1.82) is 0 Å². The van der Waals surface area contributed by atoms with Crippen LogP contribution in [0.5, 0.6) is 5.75 Å². The zero-order valence-corrected chi connectivity index (χ0v) is 14.9. The van der Waals surface area contributed by atoms with E-state index in [1.54, 1.807) is 13.4 Å². The fraction of sp³-hybridized carbons (Fsp3) is 0.222. The number of benzene rings is 2. The average molecular weight is 417 g/mol. The molecule has 0 bridgehead atoms. The van der Waals surface area contributed by atoms with Gasteiger partial charge in [0.2, 0.25) is 0 Å². The summed E-state index contributed by atoms with van der Waals surface area (Å²) in [5.74, 6) is 1.93. The molecular weight excluding hydrogens is 401 g/mol. The minimum atomic E-state index is 0.851. The minimum Gasteiger partial charge on any atom is -0.497 e. The molecule has 2 aromatic carbocycles. The molecule has 4 nitrogen and oxygen atoms in total. The van der Waals surface area contributed by atoms with E-state index in [0.717, 1.165) is 42.0 Å². The molecule has 0 N–H and O–H groups in total. The van der Waals surface area contributed by atoms with Gasteiger partial charge in [-0.1, -0.05) is 6.07 Å². The highest BCUT2D eigenvalue weighted by molar-refractivity contribution is 14.1. The normalized spacial score (nSPS) is 13.9. The zero-order valence-electron chi connectivity index (χ0n) is 12.8. The van der Waals surface area contributed by atoms with E-state index in [-0.39, 0.29) is 0 Å². The first-order valence-electron chi connectivity index (χ1n) is 7.55. The maximum atomic E-state index is 5.36. The van der Waals surface area contributed by atoms with Crippen molar-refractivity contribution in [3.63, 3.8) is 0 Å². The molecule has 3 aromatic rings. The van der Waals surface area contributed by atoms with E-state index < -0.39 is 0 Å². The fourth-order valence-corrected chi connectivity index (χ4v) is 3.60. The minimum absolute atomic E-state index is 0.851. The van der Waals surface area contributed by atoms with Crippen LogP contribution < -0.4 is 9.64 Å². The lowest BCUT2D eigenvalue weighted by atomic mass is 9.99. The molecule has 0 fully saturated rings. The third kappa shape index (κ3) is 2.73. The van der Waals surface area contributed by atoms with Crippen LogP contribution >= 0.6 is 22.6 Å². The lowest BCUT2D eigenvalue weighted by Crippen LogP contribution is -2.31. The van der Waals surface area contributed by atoms with Gasteiger partial charge in [0.25, 0.3) is 0 Å². The Bertz CT molecular complexity index is 881. The molecule has 0 aliphatic carbocycles. The molecule has 1 aliphatic heterocycles. The molecule has 0 spiro atoms. The molecule has 0 unspecified atom stereocenters. The van der Waals surface area contributed by atoms with Crippen LogP contribution in [0.25, 0.3) is 10.9 Å². The molecule has 4 rings (SSSR count). The number of anilines is 1. The first-order valence-corrected chi connectivity index (χ1v) is 8.63. The summed E-state index contributed by atoms with van der Waals surface area (Å²) in [7, 11) is 1.71. The van der Waals surface area contributed by atoms with Gasteiger partial charge in [-0.25, -0.2) is 9.97 Å². The number of nitrogens with zero attached hydrogens (tertiary/aromatic N) is 3. The monoisotopic (exact) mass is 417 g/mol. The number of hydrogen-bond acceptors (Lipinski definition) is 4. The van der Waals surface area contributed by atoms with Crippen LogP contribution in [-0.4, -0.2) is 23.6 Å². The van der Waals surface area contributed by atoms with Crippen LogP contribution in [-0.2, 0) is 13.0 Å². The summed E-state index contributed by atoms with van der Waals surface area (Å²) in [5, 5.41) is 1.12. The van der Waals surface area contributed by atoms with Crippen LogP contribution in [0.3, 0.4) is 0 Å². The third-order valence-electron chi connectivity index (χ3n) is 4.30. The van der Waals surface area contributed by atoms with Gasteiger partial charge < -0.3 is 9.64 Å². The molecule has 1 aromatic heterocycles. The largest absolute Gasteiger partial charge is 0.497 e. The molecular formula is C18H16IN3O. The number of fused-ring (bicyclic) bond motifs is 2. The van der Waals surface area contributed by atoms with E-state index in [9.17, 15) is 0 Å². The second kappa shape index (κ2) is 5.96. The predicted octanol–water partition coefficient (Wildman–Crippen LogP) is 3.81. The van der Waals surface area contributed by atoms with Crippen LogP contribution in [0, 0.1) is 3.57 Å². The van der Waals surface area contributed by atoms with Gasteiger partial charge in [-0.3, -0.25) is 0 Å². The van der Waals surface area contributed by atoms with E-state index >= 15 is 0 Å². The van der Waals surface area contributed by atoms with Crippen molar-refractivity contribution < 1.29 is 4.74 Å². The van der Waals surface area contributed by atoms with Gasteiger partial charge in [0.1, 0.15) is 17.9 Å². The lowest BCUT2D eigenvalue weighted by Gasteiger charge is -2.30. The molecule has 0 saturated carbocycles. The predicted molar refractivity (Wildman–Crippen MR) is 100 cm³/mol. The van der Waals surface area contributed by atoms with E-state index in [0.29, 0.717) is 0 Å². The lowest BCUT2D eigenvalue weighted by molar-refractivity contribution is 0.413. The third-order valence-corrected chi connectivity index (χ3v) is 4.97. The fourth-order valence-electron chi connectivity index (χ4n) is 3.11. The Kier molecular flexibility index (Phi) is 3.80. The van der Waals surface area contributed by atoms with Crippen molar-refractivity contribution in [3.8, 4) is 5.75 Å². The highest BCUT2D eigenvalue weighted by Gasteiger charge is 2.20. The van der Waals surface area contributed by atoms with E-state index in [4.69, 9.17) is 4.74 Å². The topological polar surface area (TPSA) is 38.2 Å². The number of rotatable bonds is 2. The van der Waals surface area contributed by atoms with Gasteiger partial charge in [0.15, 0.2) is 0 Å². The quantitative estimate of drug-likeness (QED) is 0.595. The second-order valence-electron chi connectivity index (χ2n) is 5.66. The Morgan fingerprint density at radius 1 is 1.09 bits per heavy atom. The Labute approximate surface area is 148 Å². The molecule has 0 atom stereocenters. The summed E-state index contributed by atoms with van der Waals surface area (Å²) in [4.78, 5) is 11.3. The molecule has 0 amide bonds. The summed E-state index contributed by atoms with van der Waals surface area (Å²) >= 11 is 2.33. The molecule has 5 heteroatoms. The van der Waals surface area contributed by atoms with Crippen molar-refractivity contribution in [3.05, 3.63) is 57.4 Å². The van der Waals surface area contributed by atoms with Crippen LogP contribution in [0.1, 0.15) is 11.1 Å². The molecule has 1 aliphatic rings. The van der Waals surface area contributed by atoms with Gasteiger partial charge in [-0.15, -0.1) is 0 Å². The molecule has 23 heavy (non-hydrogen) atoms. The Morgan fingerprint density at radius 3 is 2.87 bits per heavy atom. The molecule has 0 saturated heterocycles. The average Bonchev–Trinajstić information content (AvgIpc) is 2.60. The highest BCUT2D eigenvalue weighted by Crippen LogP contribution is 2.30. The van der Waals surface area contributed by atoms with Gasteiger partial charge in [-0.05, 0) is 70.5 Å². The summed E-state index contributed by atoms with van der Waals surface area (Å²) in [6, 6.07) is 12.6. The van der Waals surface area contributed by atoms with Crippen molar-refractivity contribution in [2.24, 2.45) is 0 Å². The van der Waals surface area contributed by atoms with Crippen molar-refractivity contribution >= 4 is 39.3 Å². The standard InChI is InChI=1S/C18H16IN3O/c1-23-15-4-2-12-6-7-22(10-13(12)8-15)18-16-9-14(19)3-5-17(16)20-11-21-18/h2-5,8-9,11H,6-7,10H2,1H3. The Balaban J connectivity index is 1.76. The number of hydrogen-bond donors (Lipinski definition) is 0. The van der Waals surface area contributed by atoms with Crippen LogP contribution in [0.15, 0.2) is 42.7 Å². The van der Waals surface area contributed by atoms with Crippen molar-refractivity contribution in [2.45, 2.75) is 13.0 Å². The van der Waals surface area contributed by atoms with Crippen LogP contribution in [0.2, 0.25) is 0 Å². The Morgan fingerprint density at radius 2 is 2.00 bits per heavy atom. The first-order chi connectivity index (χ1) is 11.2. The summed E-state index contributed by atoms with van der Waals surface area (Å²) in [6.45, 7) is 1.82. The zero-order chi connectivity index (χ0) is 15.8. The summed E-state index contributed by atoms with van der Waals surface area (Å²) in [5.41, 5.74) is 3.70. The van der Waals surface area contributed by atoms with Crippen LogP contribution in [0.4, 0.5) is 5.82 Å². The molecule has 116 valence electrons. The van der Waals surface area contributed by atoms with Crippen molar-refractivity contribution in [1.82, 2.24) is 9.97 Å². The van der Waals surface area contributed by atoms with E-state index in [1.807, 2.05) is 6.07 Å².